The zero-order valence-corrected chi connectivity index (χ0v) is 10.2. The Balaban J connectivity index is 2.81. The molecule has 1 aromatic heterocycles. The topological polar surface area (TPSA) is 50.2 Å². The molecule has 0 aliphatic carbocycles. The van der Waals surface area contributed by atoms with Crippen LogP contribution in [0.1, 0.15) is 37.0 Å². The molecule has 1 heterocycles. The summed E-state index contributed by atoms with van der Waals surface area (Å²) in [5.41, 5.74) is 0.774. The van der Waals surface area contributed by atoms with E-state index in [1.54, 1.807) is 6.07 Å². The van der Waals surface area contributed by atoms with Gasteiger partial charge in [-0.1, -0.05) is 45.0 Å². The summed E-state index contributed by atoms with van der Waals surface area (Å²) in [6.45, 7) is 6.07. The van der Waals surface area contributed by atoms with Crippen LogP contribution >= 0.6 is 0 Å². The average Bonchev–Trinajstić information content (AvgIpc) is 2.26. The number of hydrogen-bond acceptors (Lipinski definition) is 2. The first-order valence-electron chi connectivity index (χ1n) is 5.53. The van der Waals surface area contributed by atoms with E-state index in [-0.39, 0.29) is 11.1 Å². The van der Waals surface area contributed by atoms with Crippen molar-refractivity contribution in [3.63, 3.8) is 0 Å². The first-order chi connectivity index (χ1) is 7.89. The Kier molecular flexibility index (Phi) is 2.62. The second kappa shape index (κ2) is 3.84. The number of carbonyl (C=O) groups is 1. The van der Waals surface area contributed by atoms with E-state index in [4.69, 9.17) is 0 Å². The Morgan fingerprint density at radius 3 is 2.47 bits per heavy atom. The van der Waals surface area contributed by atoms with Crippen molar-refractivity contribution in [2.45, 2.75) is 26.2 Å². The highest BCUT2D eigenvalue weighted by atomic mass is 16.4. The fraction of sp³-hybridized carbons (Fsp3) is 0.286. The van der Waals surface area contributed by atoms with Crippen LogP contribution in [0.2, 0.25) is 0 Å². The van der Waals surface area contributed by atoms with E-state index in [0.717, 1.165) is 11.1 Å². The molecule has 88 valence electrons. The van der Waals surface area contributed by atoms with E-state index >= 15 is 0 Å². The van der Waals surface area contributed by atoms with Gasteiger partial charge in [-0.05, 0) is 11.5 Å². The van der Waals surface area contributed by atoms with Crippen molar-refractivity contribution in [3.8, 4) is 0 Å². The SMILES string of the molecule is CC(C)(C)c1cc2ccccc2c(C(=O)O)n1. The highest BCUT2D eigenvalue weighted by Gasteiger charge is 2.20. The predicted molar refractivity (Wildman–Crippen MR) is 67.4 cm³/mol. The fourth-order valence-electron chi connectivity index (χ4n) is 1.75. The van der Waals surface area contributed by atoms with Gasteiger partial charge in [0.05, 0.1) is 0 Å². The molecule has 0 fully saturated rings. The minimum atomic E-state index is -0.979. The van der Waals surface area contributed by atoms with Crippen LogP contribution in [0.5, 0.6) is 0 Å². The number of aromatic carboxylic acids is 1. The van der Waals surface area contributed by atoms with Crippen molar-refractivity contribution < 1.29 is 9.90 Å². The van der Waals surface area contributed by atoms with Crippen LogP contribution in [0, 0.1) is 0 Å². The molecule has 0 aliphatic rings. The standard InChI is InChI=1S/C14H15NO2/c1-14(2,3)11-8-9-6-4-5-7-10(9)12(15-11)13(16)17/h4-8H,1-3H3,(H,16,17). The Labute approximate surface area is 100 Å². The third-order valence-corrected chi connectivity index (χ3v) is 2.71. The highest BCUT2D eigenvalue weighted by molar-refractivity contribution is 6.01. The van der Waals surface area contributed by atoms with E-state index in [0.29, 0.717) is 5.39 Å². The first-order valence-corrected chi connectivity index (χ1v) is 5.53. The van der Waals surface area contributed by atoms with Crippen molar-refractivity contribution in [1.82, 2.24) is 4.98 Å². The van der Waals surface area contributed by atoms with Gasteiger partial charge in [0.15, 0.2) is 5.69 Å². The number of carboxylic acid groups (broad SMARTS) is 1. The molecular formula is C14H15NO2. The molecule has 0 unspecified atom stereocenters. The largest absolute Gasteiger partial charge is 0.476 e. The predicted octanol–water partition coefficient (Wildman–Crippen LogP) is 3.23. The minimum absolute atomic E-state index is 0.132. The lowest BCUT2D eigenvalue weighted by molar-refractivity contribution is 0.0692. The lowest BCUT2D eigenvalue weighted by Crippen LogP contribution is -2.16. The molecule has 0 aliphatic heterocycles. The third-order valence-electron chi connectivity index (χ3n) is 2.71. The van der Waals surface area contributed by atoms with Gasteiger partial charge in [-0.25, -0.2) is 9.78 Å². The van der Waals surface area contributed by atoms with E-state index in [2.05, 4.69) is 4.98 Å². The number of aromatic nitrogens is 1. The van der Waals surface area contributed by atoms with E-state index < -0.39 is 5.97 Å². The van der Waals surface area contributed by atoms with Crippen molar-refractivity contribution in [2.24, 2.45) is 0 Å². The van der Waals surface area contributed by atoms with Gasteiger partial charge in [-0.3, -0.25) is 0 Å². The van der Waals surface area contributed by atoms with Crippen molar-refractivity contribution in [2.75, 3.05) is 0 Å². The maximum Gasteiger partial charge on any atom is 0.355 e. The molecule has 2 aromatic rings. The van der Waals surface area contributed by atoms with Gasteiger partial charge in [-0.15, -0.1) is 0 Å². The van der Waals surface area contributed by atoms with Gasteiger partial charge in [0, 0.05) is 16.5 Å². The lowest BCUT2D eigenvalue weighted by Gasteiger charge is -2.19. The molecular weight excluding hydrogens is 214 g/mol. The number of rotatable bonds is 1. The number of pyridine rings is 1. The molecule has 0 spiro atoms. The maximum absolute atomic E-state index is 11.2. The van der Waals surface area contributed by atoms with Crippen LogP contribution in [0.25, 0.3) is 10.8 Å². The van der Waals surface area contributed by atoms with Gasteiger partial charge in [-0.2, -0.15) is 0 Å². The molecule has 3 nitrogen and oxygen atoms in total. The van der Waals surface area contributed by atoms with Gasteiger partial charge >= 0.3 is 5.97 Å². The van der Waals surface area contributed by atoms with E-state index in [1.165, 1.54) is 0 Å². The second-order valence-electron chi connectivity index (χ2n) is 5.13. The van der Waals surface area contributed by atoms with E-state index in [1.807, 2.05) is 45.0 Å². The Morgan fingerprint density at radius 2 is 1.88 bits per heavy atom. The Bertz CT molecular complexity index is 582. The molecule has 3 heteroatoms. The van der Waals surface area contributed by atoms with Gasteiger partial charge in [0.1, 0.15) is 0 Å². The zero-order valence-electron chi connectivity index (χ0n) is 10.2. The van der Waals surface area contributed by atoms with Crippen LogP contribution in [0.3, 0.4) is 0 Å². The van der Waals surface area contributed by atoms with Crippen molar-refractivity contribution >= 4 is 16.7 Å². The van der Waals surface area contributed by atoms with Gasteiger partial charge < -0.3 is 5.11 Å². The summed E-state index contributed by atoms with van der Waals surface area (Å²) in [4.78, 5) is 15.5. The molecule has 0 radical (unpaired) electrons. The Morgan fingerprint density at radius 1 is 1.24 bits per heavy atom. The Hall–Kier alpha value is -1.90. The fourth-order valence-corrected chi connectivity index (χ4v) is 1.75. The number of benzene rings is 1. The number of carboxylic acids is 1. The first kappa shape index (κ1) is 11.6. The van der Waals surface area contributed by atoms with Crippen LogP contribution < -0.4 is 0 Å². The minimum Gasteiger partial charge on any atom is -0.476 e. The summed E-state index contributed by atoms with van der Waals surface area (Å²) in [5, 5.41) is 10.8. The molecule has 0 amide bonds. The highest BCUT2D eigenvalue weighted by Crippen LogP contribution is 2.26. The summed E-state index contributed by atoms with van der Waals surface area (Å²) in [5.74, 6) is -0.979. The molecule has 2 rings (SSSR count). The number of fused-ring (bicyclic) bond motifs is 1. The summed E-state index contributed by atoms with van der Waals surface area (Å²) in [7, 11) is 0. The maximum atomic E-state index is 11.2. The van der Waals surface area contributed by atoms with Crippen LogP contribution in [0.15, 0.2) is 30.3 Å². The molecule has 17 heavy (non-hydrogen) atoms. The van der Waals surface area contributed by atoms with Crippen molar-refractivity contribution in [1.29, 1.82) is 0 Å². The summed E-state index contributed by atoms with van der Waals surface area (Å²) < 4.78 is 0. The van der Waals surface area contributed by atoms with Crippen LogP contribution in [-0.2, 0) is 5.41 Å². The van der Waals surface area contributed by atoms with Crippen LogP contribution in [-0.4, -0.2) is 16.1 Å². The lowest BCUT2D eigenvalue weighted by atomic mass is 9.90. The summed E-state index contributed by atoms with van der Waals surface area (Å²) >= 11 is 0. The summed E-state index contributed by atoms with van der Waals surface area (Å²) in [6.07, 6.45) is 0. The second-order valence-corrected chi connectivity index (χ2v) is 5.13. The zero-order chi connectivity index (χ0) is 12.6. The number of nitrogens with zero attached hydrogens (tertiary/aromatic N) is 1. The molecule has 0 saturated heterocycles. The molecule has 0 bridgehead atoms. The van der Waals surface area contributed by atoms with Gasteiger partial charge in [0.2, 0.25) is 0 Å². The summed E-state index contributed by atoms with van der Waals surface area (Å²) in [6, 6.07) is 9.40. The average molecular weight is 229 g/mol. The quantitative estimate of drug-likeness (QED) is 0.816. The smallest absolute Gasteiger partial charge is 0.355 e. The monoisotopic (exact) mass is 229 g/mol. The van der Waals surface area contributed by atoms with Crippen LogP contribution in [0.4, 0.5) is 0 Å². The molecule has 0 saturated carbocycles. The van der Waals surface area contributed by atoms with Gasteiger partial charge in [0.25, 0.3) is 0 Å². The molecule has 0 atom stereocenters. The normalized spacial score (nSPS) is 11.7. The van der Waals surface area contributed by atoms with Crippen molar-refractivity contribution in [3.05, 3.63) is 41.7 Å². The number of hydrogen-bond donors (Lipinski definition) is 1. The van der Waals surface area contributed by atoms with E-state index in [9.17, 15) is 9.90 Å². The third kappa shape index (κ3) is 2.13. The molecule has 1 aromatic carbocycles. The molecule has 1 N–H and O–H groups in total.